The Balaban J connectivity index is 1.49. The Labute approximate surface area is 148 Å². The third kappa shape index (κ3) is 4.47. The van der Waals surface area contributed by atoms with Gasteiger partial charge in [0.15, 0.2) is 0 Å². The molecule has 1 aliphatic rings. The highest BCUT2D eigenvalue weighted by molar-refractivity contribution is 6.30. The number of hydrogen-bond donors (Lipinski definition) is 1. The molecule has 0 bridgehead atoms. The normalized spacial score (nSPS) is 15.8. The van der Waals surface area contributed by atoms with E-state index in [0.29, 0.717) is 10.6 Å². The minimum absolute atomic E-state index is 0.0800. The maximum Gasteiger partial charge on any atom is 0.254 e. The molecule has 1 aliphatic heterocycles. The first-order valence-electron chi connectivity index (χ1n) is 8.32. The highest BCUT2D eigenvalue weighted by atomic mass is 35.5. The molecule has 3 rings (SSSR count). The lowest BCUT2D eigenvalue weighted by Crippen LogP contribution is -3.14. The summed E-state index contributed by atoms with van der Waals surface area (Å²) in [6, 6.07) is 17.5. The summed E-state index contributed by atoms with van der Waals surface area (Å²) in [5, 5.41) is 0.608. The summed E-state index contributed by atoms with van der Waals surface area (Å²) < 4.78 is 0. The quantitative estimate of drug-likeness (QED) is 0.907. The van der Waals surface area contributed by atoms with E-state index in [-0.39, 0.29) is 5.91 Å². The number of benzene rings is 2. The van der Waals surface area contributed by atoms with Crippen molar-refractivity contribution in [3.8, 4) is 0 Å². The largest absolute Gasteiger partial charge is 0.329 e. The zero-order valence-electron chi connectivity index (χ0n) is 13.6. The van der Waals surface area contributed by atoms with Gasteiger partial charge in [0.2, 0.25) is 0 Å². The smallest absolute Gasteiger partial charge is 0.254 e. The maximum absolute atomic E-state index is 12.5. The summed E-state index contributed by atoms with van der Waals surface area (Å²) >= 11 is 5.98. The fourth-order valence-corrected chi connectivity index (χ4v) is 3.15. The van der Waals surface area contributed by atoms with Gasteiger partial charge in [-0.3, -0.25) is 4.79 Å². The number of nitrogens with zero attached hydrogens (tertiary/aromatic N) is 1. The van der Waals surface area contributed by atoms with Crippen molar-refractivity contribution >= 4 is 23.6 Å². The fraction of sp³-hybridized carbons (Fsp3) is 0.250. The van der Waals surface area contributed by atoms with Gasteiger partial charge in [-0.2, -0.15) is 0 Å². The Morgan fingerprint density at radius 2 is 1.83 bits per heavy atom. The number of halogens is 1. The van der Waals surface area contributed by atoms with Crippen LogP contribution in [0.2, 0.25) is 5.02 Å². The number of carbonyl (C=O) groups is 1. The Morgan fingerprint density at radius 1 is 1.08 bits per heavy atom. The molecule has 3 nitrogen and oxygen atoms in total. The molecule has 1 N–H and O–H groups in total. The highest BCUT2D eigenvalue weighted by Gasteiger charge is 2.23. The minimum Gasteiger partial charge on any atom is -0.329 e. The number of rotatable bonds is 4. The number of amides is 1. The minimum atomic E-state index is 0.0800. The zero-order valence-corrected chi connectivity index (χ0v) is 14.4. The van der Waals surface area contributed by atoms with E-state index in [1.165, 1.54) is 10.5 Å². The molecule has 0 unspecified atom stereocenters. The van der Waals surface area contributed by atoms with Gasteiger partial charge >= 0.3 is 0 Å². The van der Waals surface area contributed by atoms with Crippen LogP contribution in [0, 0.1) is 0 Å². The Bertz CT molecular complexity index is 707. The van der Waals surface area contributed by atoms with Crippen molar-refractivity contribution in [3.63, 3.8) is 0 Å². The summed E-state index contributed by atoms with van der Waals surface area (Å²) in [6.45, 7) is 4.53. The van der Waals surface area contributed by atoms with Crippen LogP contribution in [0.15, 0.2) is 60.7 Å². The second kappa shape index (κ2) is 8.13. The van der Waals surface area contributed by atoms with Crippen molar-refractivity contribution in [1.29, 1.82) is 0 Å². The number of nitrogens with one attached hydrogen (secondary N) is 1. The molecule has 0 saturated carbocycles. The Hall–Kier alpha value is -2.10. The predicted octanol–water partition coefficient (Wildman–Crippen LogP) is 2.39. The molecule has 4 heteroatoms. The van der Waals surface area contributed by atoms with E-state index in [1.54, 1.807) is 12.1 Å². The van der Waals surface area contributed by atoms with E-state index < -0.39 is 0 Å². The molecule has 124 valence electrons. The van der Waals surface area contributed by atoms with Crippen molar-refractivity contribution in [2.75, 3.05) is 32.7 Å². The lowest BCUT2D eigenvalue weighted by molar-refractivity contribution is -0.898. The van der Waals surface area contributed by atoms with Crippen LogP contribution in [0.5, 0.6) is 0 Å². The van der Waals surface area contributed by atoms with Crippen LogP contribution in [0.1, 0.15) is 15.9 Å². The van der Waals surface area contributed by atoms with Crippen LogP contribution < -0.4 is 4.90 Å². The van der Waals surface area contributed by atoms with Crippen LogP contribution in [-0.4, -0.2) is 43.5 Å². The summed E-state index contributed by atoms with van der Waals surface area (Å²) in [4.78, 5) is 15.9. The summed E-state index contributed by atoms with van der Waals surface area (Å²) in [5.74, 6) is 0.0800. The topological polar surface area (TPSA) is 24.8 Å². The molecule has 1 heterocycles. The van der Waals surface area contributed by atoms with Crippen molar-refractivity contribution in [3.05, 3.63) is 76.8 Å². The van der Waals surface area contributed by atoms with Crippen molar-refractivity contribution in [2.45, 2.75) is 0 Å². The van der Waals surface area contributed by atoms with Crippen LogP contribution in [-0.2, 0) is 0 Å². The van der Waals surface area contributed by atoms with Crippen LogP contribution in [0.3, 0.4) is 0 Å². The standard InChI is InChI=1S/C20H21ClN2O/c21-19-10-4-9-18(16-19)20(24)23-14-12-22(13-15-23)11-5-8-17-6-2-1-3-7-17/h1-10,16H,11-15H2/p+1/b8-5+. The first kappa shape index (κ1) is 16.7. The third-order valence-electron chi connectivity index (χ3n) is 4.35. The Morgan fingerprint density at radius 3 is 2.54 bits per heavy atom. The molecule has 1 amide bonds. The van der Waals surface area contributed by atoms with Gasteiger partial charge in [-0.05, 0) is 29.8 Å². The monoisotopic (exact) mass is 341 g/mol. The van der Waals surface area contributed by atoms with Gasteiger partial charge in [0.25, 0.3) is 5.91 Å². The van der Waals surface area contributed by atoms with Gasteiger partial charge in [0.1, 0.15) is 0 Å². The molecule has 0 spiro atoms. The van der Waals surface area contributed by atoms with Gasteiger partial charge in [-0.25, -0.2) is 0 Å². The molecule has 1 saturated heterocycles. The molecule has 0 atom stereocenters. The van der Waals surface area contributed by atoms with Crippen LogP contribution in [0.25, 0.3) is 6.08 Å². The van der Waals surface area contributed by atoms with Crippen molar-refractivity contribution in [2.24, 2.45) is 0 Å². The Kier molecular flexibility index (Phi) is 5.68. The molecule has 2 aromatic carbocycles. The number of hydrogen-bond acceptors (Lipinski definition) is 1. The van der Waals surface area contributed by atoms with Gasteiger partial charge in [0, 0.05) is 10.6 Å². The lowest BCUT2D eigenvalue weighted by Gasteiger charge is -2.31. The van der Waals surface area contributed by atoms with Gasteiger partial charge in [-0.15, -0.1) is 0 Å². The first-order valence-corrected chi connectivity index (χ1v) is 8.70. The van der Waals surface area contributed by atoms with Crippen molar-refractivity contribution < 1.29 is 9.69 Å². The van der Waals surface area contributed by atoms with E-state index in [2.05, 4.69) is 24.3 Å². The number of carbonyl (C=O) groups excluding carboxylic acids is 1. The summed E-state index contributed by atoms with van der Waals surface area (Å²) in [6.07, 6.45) is 4.38. The molecule has 2 aromatic rings. The first-order chi connectivity index (χ1) is 11.7. The van der Waals surface area contributed by atoms with Gasteiger partial charge < -0.3 is 9.80 Å². The van der Waals surface area contributed by atoms with E-state index in [1.807, 2.05) is 35.2 Å². The average molecular weight is 342 g/mol. The van der Waals surface area contributed by atoms with Gasteiger partial charge in [0.05, 0.1) is 32.7 Å². The molecule has 0 aromatic heterocycles. The molecule has 1 fully saturated rings. The highest BCUT2D eigenvalue weighted by Crippen LogP contribution is 2.12. The second-order valence-corrected chi connectivity index (χ2v) is 6.51. The SMILES string of the molecule is O=C(c1cccc(Cl)c1)N1CC[NH+](C/C=C/c2ccccc2)CC1. The van der Waals surface area contributed by atoms with E-state index in [4.69, 9.17) is 11.6 Å². The maximum atomic E-state index is 12.5. The predicted molar refractivity (Wildman–Crippen MR) is 98.4 cm³/mol. The third-order valence-corrected chi connectivity index (χ3v) is 4.58. The molecular formula is C20H22ClN2O+. The number of piperazine rings is 1. The van der Waals surface area contributed by atoms with E-state index >= 15 is 0 Å². The van der Waals surface area contributed by atoms with E-state index in [9.17, 15) is 4.79 Å². The molecule has 0 aliphatic carbocycles. The second-order valence-electron chi connectivity index (χ2n) is 6.07. The number of quaternary nitrogens is 1. The van der Waals surface area contributed by atoms with Crippen molar-refractivity contribution in [1.82, 2.24) is 4.90 Å². The van der Waals surface area contributed by atoms with Gasteiger partial charge in [-0.1, -0.05) is 54.1 Å². The molecule has 0 radical (unpaired) electrons. The molecule has 24 heavy (non-hydrogen) atoms. The average Bonchev–Trinajstić information content (AvgIpc) is 2.63. The van der Waals surface area contributed by atoms with Crippen LogP contribution >= 0.6 is 11.6 Å². The lowest BCUT2D eigenvalue weighted by atomic mass is 10.2. The fourth-order valence-electron chi connectivity index (χ4n) is 2.96. The molecular weight excluding hydrogens is 320 g/mol. The van der Waals surface area contributed by atoms with E-state index in [0.717, 1.165) is 32.7 Å². The summed E-state index contributed by atoms with van der Waals surface area (Å²) in [5.41, 5.74) is 1.90. The summed E-state index contributed by atoms with van der Waals surface area (Å²) in [7, 11) is 0. The van der Waals surface area contributed by atoms with Crippen LogP contribution in [0.4, 0.5) is 0 Å². The zero-order chi connectivity index (χ0) is 16.8.